The molecule has 3 aromatic heterocycles. The zero-order chi connectivity index (χ0) is 19.4. The Kier molecular flexibility index (Phi) is 5.10. The maximum Gasteiger partial charge on any atom is 0.422 e. The van der Waals surface area contributed by atoms with E-state index in [2.05, 4.69) is 24.8 Å². The van der Waals surface area contributed by atoms with Gasteiger partial charge in [-0.05, 0) is 17.7 Å². The Bertz CT molecular complexity index is 989. The molecule has 27 heavy (non-hydrogen) atoms. The number of nitrogens with zero attached hydrogens (tertiary/aromatic N) is 5. The van der Waals surface area contributed by atoms with E-state index in [0.29, 0.717) is 16.8 Å². The van der Waals surface area contributed by atoms with Gasteiger partial charge in [0, 0.05) is 30.2 Å². The van der Waals surface area contributed by atoms with E-state index in [0.717, 1.165) is 10.9 Å². The van der Waals surface area contributed by atoms with Gasteiger partial charge < -0.3 is 4.74 Å². The summed E-state index contributed by atoms with van der Waals surface area (Å²) in [6.07, 6.45) is 0.389. The molecule has 0 aliphatic carbocycles. The van der Waals surface area contributed by atoms with Crippen molar-refractivity contribution in [3.05, 3.63) is 64.7 Å². The fourth-order valence-corrected chi connectivity index (χ4v) is 2.10. The van der Waals surface area contributed by atoms with Crippen molar-refractivity contribution in [1.82, 2.24) is 24.7 Å². The summed E-state index contributed by atoms with van der Waals surface area (Å²) < 4.78 is 55.1. The summed E-state index contributed by atoms with van der Waals surface area (Å²) in [5.41, 5.74) is 0.685. The third kappa shape index (κ3) is 5.06. The molecule has 3 aromatic rings. The summed E-state index contributed by atoms with van der Waals surface area (Å²) in [4.78, 5) is 23.0. The van der Waals surface area contributed by atoms with E-state index in [-0.39, 0.29) is 6.54 Å². The molecule has 0 bridgehead atoms. The SMILES string of the molecule is O=c1ccc(-c2cnc(OCC(F)(F)F)nc2)nn1Cc1cncc(F)c1. The topological polar surface area (TPSA) is 82.8 Å². The largest absolute Gasteiger partial charge is 0.454 e. The average Bonchev–Trinajstić information content (AvgIpc) is 2.62. The number of pyridine rings is 1. The summed E-state index contributed by atoms with van der Waals surface area (Å²) in [6.45, 7) is -1.51. The average molecular weight is 381 g/mol. The van der Waals surface area contributed by atoms with Crippen LogP contribution in [0.4, 0.5) is 17.6 Å². The Morgan fingerprint density at radius 1 is 1.07 bits per heavy atom. The molecule has 0 saturated carbocycles. The predicted octanol–water partition coefficient (Wildman–Crippen LogP) is 2.22. The summed E-state index contributed by atoms with van der Waals surface area (Å²) in [7, 11) is 0. The van der Waals surface area contributed by atoms with Crippen LogP contribution in [-0.2, 0) is 6.54 Å². The Morgan fingerprint density at radius 3 is 2.48 bits per heavy atom. The highest BCUT2D eigenvalue weighted by Gasteiger charge is 2.28. The maximum absolute atomic E-state index is 13.2. The second-order valence-electron chi connectivity index (χ2n) is 5.38. The van der Waals surface area contributed by atoms with Crippen LogP contribution in [0.5, 0.6) is 6.01 Å². The normalized spacial score (nSPS) is 11.4. The fraction of sp³-hybridized carbons (Fsp3) is 0.188. The molecule has 0 aromatic carbocycles. The molecule has 0 fully saturated rings. The first-order valence-corrected chi connectivity index (χ1v) is 7.50. The molecule has 0 atom stereocenters. The molecular weight excluding hydrogens is 370 g/mol. The second kappa shape index (κ2) is 7.48. The Labute approximate surface area is 149 Å². The van der Waals surface area contributed by atoms with Crippen molar-refractivity contribution in [3.63, 3.8) is 0 Å². The van der Waals surface area contributed by atoms with Crippen LogP contribution >= 0.6 is 0 Å². The highest BCUT2D eigenvalue weighted by Crippen LogP contribution is 2.18. The van der Waals surface area contributed by atoms with E-state index < -0.39 is 30.2 Å². The van der Waals surface area contributed by atoms with Gasteiger partial charge in [-0.1, -0.05) is 0 Å². The molecule has 0 radical (unpaired) electrons. The highest BCUT2D eigenvalue weighted by atomic mass is 19.4. The van der Waals surface area contributed by atoms with Crippen molar-refractivity contribution >= 4 is 0 Å². The van der Waals surface area contributed by atoms with Gasteiger partial charge in [-0.15, -0.1) is 0 Å². The monoisotopic (exact) mass is 381 g/mol. The summed E-state index contributed by atoms with van der Waals surface area (Å²) in [5.74, 6) is -0.542. The number of rotatable bonds is 5. The van der Waals surface area contributed by atoms with Crippen molar-refractivity contribution in [2.45, 2.75) is 12.7 Å². The smallest absolute Gasteiger partial charge is 0.422 e. The number of ether oxygens (including phenoxy) is 1. The van der Waals surface area contributed by atoms with E-state index in [1.807, 2.05) is 0 Å². The molecule has 0 spiro atoms. The zero-order valence-electron chi connectivity index (χ0n) is 13.5. The van der Waals surface area contributed by atoms with Gasteiger partial charge in [0.15, 0.2) is 6.61 Å². The first-order chi connectivity index (χ1) is 12.8. The Morgan fingerprint density at radius 2 is 1.81 bits per heavy atom. The minimum Gasteiger partial charge on any atom is -0.454 e. The summed E-state index contributed by atoms with van der Waals surface area (Å²) >= 11 is 0. The quantitative estimate of drug-likeness (QED) is 0.631. The van der Waals surface area contributed by atoms with Crippen molar-refractivity contribution in [2.75, 3.05) is 6.61 Å². The lowest BCUT2D eigenvalue weighted by molar-refractivity contribution is -0.154. The zero-order valence-corrected chi connectivity index (χ0v) is 13.5. The van der Waals surface area contributed by atoms with Gasteiger partial charge in [-0.3, -0.25) is 9.78 Å². The van der Waals surface area contributed by atoms with Crippen LogP contribution in [0.2, 0.25) is 0 Å². The van der Waals surface area contributed by atoms with Crippen molar-refractivity contribution in [2.24, 2.45) is 0 Å². The summed E-state index contributed by atoms with van der Waals surface area (Å²) in [5, 5.41) is 4.14. The lowest BCUT2D eigenvalue weighted by atomic mass is 10.2. The first kappa shape index (κ1) is 18.4. The molecule has 3 rings (SSSR count). The Hall–Kier alpha value is -3.37. The van der Waals surface area contributed by atoms with Crippen molar-refractivity contribution < 1.29 is 22.3 Å². The van der Waals surface area contributed by atoms with Crippen LogP contribution in [-0.4, -0.2) is 37.5 Å². The van der Waals surface area contributed by atoms with Gasteiger partial charge in [0.2, 0.25) is 0 Å². The van der Waals surface area contributed by atoms with E-state index in [9.17, 15) is 22.4 Å². The Balaban J connectivity index is 1.80. The molecule has 11 heteroatoms. The molecule has 140 valence electrons. The van der Waals surface area contributed by atoms with Gasteiger partial charge >= 0.3 is 12.2 Å². The van der Waals surface area contributed by atoms with Crippen LogP contribution in [0, 0.1) is 5.82 Å². The highest BCUT2D eigenvalue weighted by molar-refractivity contribution is 5.55. The van der Waals surface area contributed by atoms with Gasteiger partial charge in [-0.25, -0.2) is 19.0 Å². The first-order valence-electron chi connectivity index (χ1n) is 7.50. The third-order valence-corrected chi connectivity index (χ3v) is 3.25. The van der Waals surface area contributed by atoms with Crippen LogP contribution in [0.25, 0.3) is 11.3 Å². The lowest BCUT2D eigenvalue weighted by Crippen LogP contribution is -2.23. The molecule has 0 aliphatic rings. The minimum absolute atomic E-state index is 0.00886. The molecular formula is C16H11F4N5O2. The standard InChI is InChI=1S/C16H11F4N5O2/c17-12-3-10(4-21-7-12)8-25-14(26)2-1-13(24-25)11-5-22-15(23-6-11)27-9-16(18,19)20/h1-7H,8-9H2. The molecule has 0 amide bonds. The van der Waals surface area contributed by atoms with Gasteiger partial charge in [0.25, 0.3) is 5.56 Å². The number of halogens is 4. The lowest BCUT2D eigenvalue weighted by Gasteiger charge is -2.09. The maximum atomic E-state index is 13.2. The molecule has 0 aliphatic heterocycles. The number of hydrogen-bond acceptors (Lipinski definition) is 6. The van der Waals surface area contributed by atoms with E-state index >= 15 is 0 Å². The van der Waals surface area contributed by atoms with E-state index in [1.54, 1.807) is 0 Å². The van der Waals surface area contributed by atoms with Gasteiger partial charge in [0.1, 0.15) is 5.82 Å². The predicted molar refractivity (Wildman–Crippen MR) is 84.4 cm³/mol. The van der Waals surface area contributed by atoms with Crippen LogP contribution in [0.1, 0.15) is 5.56 Å². The molecule has 0 saturated heterocycles. The summed E-state index contributed by atoms with van der Waals surface area (Å²) in [6, 6.07) is 3.46. The number of hydrogen-bond donors (Lipinski definition) is 0. The third-order valence-electron chi connectivity index (χ3n) is 3.25. The number of aromatic nitrogens is 5. The molecule has 0 unspecified atom stereocenters. The van der Waals surface area contributed by atoms with Crippen LogP contribution in [0.15, 0.2) is 47.8 Å². The van der Waals surface area contributed by atoms with Crippen LogP contribution < -0.4 is 10.3 Å². The molecule has 0 N–H and O–H groups in total. The molecule has 7 nitrogen and oxygen atoms in total. The van der Waals surface area contributed by atoms with Crippen molar-refractivity contribution in [1.29, 1.82) is 0 Å². The number of alkyl halides is 3. The van der Waals surface area contributed by atoms with Gasteiger partial charge in [-0.2, -0.15) is 18.3 Å². The van der Waals surface area contributed by atoms with Gasteiger partial charge in [0.05, 0.1) is 18.4 Å². The van der Waals surface area contributed by atoms with Crippen LogP contribution in [0.3, 0.4) is 0 Å². The molecule has 3 heterocycles. The van der Waals surface area contributed by atoms with E-state index in [1.165, 1.54) is 36.8 Å². The van der Waals surface area contributed by atoms with Crippen molar-refractivity contribution in [3.8, 4) is 17.3 Å². The minimum atomic E-state index is -4.50. The fourth-order valence-electron chi connectivity index (χ4n) is 2.10. The second-order valence-corrected chi connectivity index (χ2v) is 5.38. The van der Waals surface area contributed by atoms with E-state index in [4.69, 9.17) is 0 Å².